The lowest BCUT2D eigenvalue weighted by atomic mass is 10.0. The summed E-state index contributed by atoms with van der Waals surface area (Å²) in [5.74, 6) is -0.180. The van der Waals surface area contributed by atoms with E-state index in [2.05, 4.69) is 0 Å². The third-order valence-corrected chi connectivity index (χ3v) is 6.55. The summed E-state index contributed by atoms with van der Waals surface area (Å²) in [5, 5.41) is 19.5. The van der Waals surface area contributed by atoms with E-state index in [0.717, 1.165) is 44.8 Å². The molecule has 7 nitrogen and oxygen atoms in total. The van der Waals surface area contributed by atoms with E-state index in [1.165, 1.54) is 0 Å². The molecule has 0 saturated heterocycles. The van der Waals surface area contributed by atoms with Crippen LogP contribution in [-0.4, -0.2) is 39.9 Å². The largest absolute Gasteiger partial charge is 0.490 e. The standard InChI is InChI=1S/C33H33NO6/c1-24-29(12-8-14-31(35)36)30-13-7-9-26(33(30)34(24)23-32(37)38)18-15-25-16-19-28(20-17-25)40-22-6-5-21-39-27-10-3-2-4-11-27/h2-7,9-11,13,15-20H,8,12,14,21-23H2,1H3,(H,35,36)(H,37,38). The molecule has 0 amide bonds. The Labute approximate surface area is 233 Å². The van der Waals surface area contributed by atoms with Crippen molar-refractivity contribution in [3.63, 3.8) is 0 Å². The van der Waals surface area contributed by atoms with Gasteiger partial charge in [-0.2, -0.15) is 0 Å². The van der Waals surface area contributed by atoms with Crippen LogP contribution in [0.1, 0.15) is 35.2 Å². The molecule has 206 valence electrons. The third-order valence-electron chi connectivity index (χ3n) is 6.55. The number of carboxylic acid groups (broad SMARTS) is 2. The molecule has 1 heterocycles. The lowest BCUT2D eigenvalue weighted by Gasteiger charge is -2.08. The van der Waals surface area contributed by atoms with Gasteiger partial charge in [0.2, 0.25) is 0 Å². The average molecular weight is 540 g/mol. The number of carbonyl (C=O) groups is 2. The Kier molecular flexibility index (Phi) is 9.77. The number of aryl methyl sites for hydroxylation is 1. The maximum Gasteiger partial charge on any atom is 0.323 e. The lowest BCUT2D eigenvalue weighted by Crippen LogP contribution is -2.10. The lowest BCUT2D eigenvalue weighted by molar-refractivity contribution is -0.138. The molecular weight excluding hydrogens is 506 g/mol. The van der Waals surface area contributed by atoms with E-state index < -0.39 is 11.9 Å². The Bertz CT molecular complexity index is 1500. The molecule has 4 rings (SSSR count). The fourth-order valence-electron chi connectivity index (χ4n) is 4.63. The quantitative estimate of drug-likeness (QED) is 0.138. The van der Waals surface area contributed by atoms with Crippen molar-refractivity contribution in [2.75, 3.05) is 13.2 Å². The predicted octanol–water partition coefficient (Wildman–Crippen LogP) is 6.63. The first-order valence-electron chi connectivity index (χ1n) is 13.2. The molecule has 0 aliphatic rings. The zero-order valence-electron chi connectivity index (χ0n) is 22.5. The van der Waals surface area contributed by atoms with E-state index in [-0.39, 0.29) is 13.0 Å². The molecule has 40 heavy (non-hydrogen) atoms. The number of nitrogens with zero attached hydrogens (tertiary/aromatic N) is 1. The topological polar surface area (TPSA) is 98.0 Å². The number of benzene rings is 3. The minimum absolute atomic E-state index is 0.0727. The summed E-state index contributed by atoms with van der Waals surface area (Å²) >= 11 is 0. The van der Waals surface area contributed by atoms with Gasteiger partial charge in [-0.1, -0.05) is 60.7 Å². The van der Waals surface area contributed by atoms with Crippen molar-refractivity contribution >= 4 is 35.0 Å². The van der Waals surface area contributed by atoms with E-state index in [9.17, 15) is 14.7 Å². The zero-order valence-corrected chi connectivity index (χ0v) is 22.5. The van der Waals surface area contributed by atoms with Gasteiger partial charge in [-0.05, 0) is 72.9 Å². The third kappa shape index (κ3) is 7.63. The van der Waals surface area contributed by atoms with E-state index in [1.807, 2.05) is 109 Å². The first kappa shape index (κ1) is 28.2. The summed E-state index contributed by atoms with van der Waals surface area (Å²) < 4.78 is 13.2. The molecular formula is C33H33NO6. The highest BCUT2D eigenvalue weighted by Gasteiger charge is 2.18. The molecule has 0 fully saturated rings. The highest BCUT2D eigenvalue weighted by molar-refractivity contribution is 5.95. The van der Waals surface area contributed by atoms with Gasteiger partial charge in [0.25, 0.3) is 0 Å². The Hall–Kier alpha value is -4.78. The van der Waals surface area contributed by atoms with Crippen molar-refractivity contribution < 1.29 is 29.3 Å². The van der Waals surface area contributed by atoms with E-state index in [1.54, 1.807) is 0 Å². The van der Waals surface area contributed by atoms with Gasteiger partial charge in [-0.3, -0.25) is 9.59 Å². The van der Waals surface area contributed by atoms with Crippen molar-refractivity contribution in [1.82, 2.24) is 4.57 Å². The van der Waals surface area contributed by atoms with Gasteiger partial charge in [0.1, 0.15) is 31.3 Å². The van der Waals surface area contributed by atoms with Gasteiger partial charge in [0.05, 0.1) is 5.52 Å². The zero-order chi connectivity index (χ0) is 28.3. The van der Waals surface area contributed by atoms with Crippen LogP contribution in [0.3, 0.4) is 0 Å². The number of hydrogen-bond donors (Lipinski definition) is 2. The molecule has 0 saturated carbocycles. The van der Waals surface area contributed by atoms with E-state index in [0.29, 0.717) is 26.1 Å². The van der Waals surface area contributed by atoms with Crippen molar-refractivity contribution in [3.8, 4) is 11.5 Å². The van der Waals surface area contributed by atoms with Crippen LogP contribution < -0.4 is 9.47 Å². The second kappa shape index (κ2) is 13.8. The molecule has 7 heteroatoms. The van der Waals surface area contributed by atoms with Gasteiger partial charge in [0.15, 0.2) is 0 Å². The average Bonchev–Trinajstić information content (AvgIpc) is 3.21. The number of rotatable bonds is 14. The van der Waals surface area contributed by atoms with Crippen molar-refractivity contribution in [1.29, 1.82) is 0 Å². The van der Waals surface area contributed by atoms with E-state index >= 15 is 0 Å². The van der Waals surface area contributed by atoms with E-state index in [4.69, 9.17) is 14.6 Å². The summed E-state index contributed by atoms with van der Waals surface area (Å²) in [6.07, 6.45) is 8.94. The highest BCUT2D eigenvalue weighted by Crippen LogP contribution is 2.31. The predicted molar refractivity (Wildman–Crippen MR) is 157 cm³/mol. The van der Waals surface area contributed by atoms with Gasteiger partial charge < -0.3 is 24.3 Å². The number of fused-ring (bicyclic) bond motifs is 1. The number of aliphatic carboxylic acids is 2. The first-order valence-corrected chi connectivity index (χ1v) is 13.2. The van der Waals surface area contributed by atoms with Crippen LogP contribution in [0, 0.1) is 6.92 Å². The smallest absolute Gasteiger partial charge is 0.323 e. The van der Waals surface area contributed by atoms with Crippen molar-refractivity contribution in [3.05, 3.63) is 107 Å². The van der Waals surface area contributed by atoms with Crippen LogP contribution in [-0.2, 0) is 22.6 Å². The Balaban J connectivity index is 1.42. The number of hydrogen-bond acceptors (Lipinski definition) is 4. The van der Waals surface area contributed by atoms with Gasteiger partial charge in [0, 0.05) is 17.5 Å². The van der Waals surface area contributed by atoms with Crippen LogP contribution in [0.25, 0.3) is 23.1 Å². The van der Waals surface area contributed by atoms with Gasteiger partial charge >= 0.3 is 11.9 Å². The molecule has 0 aliphatic heterocycles. The fourth-order valence-corrected chi connectivity index (χ4v) is 4.63. The summed E-state index contributed by atoms with van der Waals surface area (Å²) in [6.45, 7) is 2.65. The summed E-state index contributed by atoms with van der Waals surface area (Å²) in [7, 11) is 0. The number of aromatic nitrogens is 1. The second-order valence-corrected chi connectivity index (χ2v) is 9.34. The Morgan fingerprint density at radius 1 is 0.800 bits per heavy atom. The van der Waals surface area contributed by atoms with Crippen LogP contribution in [0.5, 0.6) is 11.5 Å². The molecule has 2 N–H and O–H groups in total. The fraction of sp³-hybridized carbons (Fsp3) is 0.212. The number of para-hydroxylation sites is 2. The molecule has 0 radical (unpaired) electrons. The van der Waals surface area contributed by atoms with Crippen LogP contribution in [0.15, 0.2) is 84.9 Å². The van der Waals surface area contributed by atoms with Crippen LogP contribution in [0.4, 0.5) is 0 Å². The second-order valence-electron chi connectivity index (χ2n) is 9.34. The Morgan fingerprint density at radius 2 is 1.48 bits per heavy atom. The summed E-state index contributed by atoms with van der Waals surface area (Å²) in [5.41, 5.74) is 4.56. The minimum atomic E-state index is -0.926. The molecule has 0 unspecified atom stereocenters. The maximum atomic E-state index is 11.6. The Morgan fingerprint density at radius 3 is 2.12 bits per heavy atom. The summed E-state index contributed by atoms with van der Waals surface area (Å²) in [6, 6.07) is 23.3. The van der Waals surface area contributed by atoms with Crippen LogP contribution >= 0.6 is 0 Å². The SMILES string of the molecule is Cc1c(CCCC(=O)O)c2cccc(C=Cc3ccc(OCC=CCOc4ccccc4)cc3)c2n1CC(=O)O. The molecule has 0 spiro atoms. The number of carboxylic acids is 2. The van der Waals surface area contributed by atoms with Crippen molar-refractivity contribution in [2.24, 2.45) is 0 Å². The van der Waals surface area contributed by atoms with Gasteiger partial charge in [-0.15, -0.1) is 0 Å². The molecule has 1 aromatic heterocycles. The monoisotopic (exact) mass is 539 g/mol. The normalized spacial score (nSPS) is 11.4. The molecule has 0 bridgehead atoms. The molecule has 4 aromatic rings. The maximum absolute atomic E-state index is 11.6. The summed E-state index contributed by atoms with van der Waals surface area (Å²) in [4.78, 5) is 22.7. The molecule has 3 aromatic carbocycles. The molecule has 0 atom stereocenters. The van der Waals surface area contributed by atoms with Gasteiger partial charge in [-0.25, -0.2) is 0 Å². The number of ether oxygens (including phenoxy) is 2. The van der Waals surface area contributed by atoms with Crippen LogP contribution in [0.2, 0.25) is 0 Å². The van der Waals surface area contributed by atoms with Crippen molar-refractivity contribution in [2.45, 2.75) is 32.7 Å². The minimum Gasteiger partial charge on any atom is -0.490 e. The molecule has 0 aliphatic carbocycles. The highest BCUT2D eigenvalue weighted by atomic mass is 16.5. The first-order chi connectivity index (χ1) is 19.4.